The summed E-state index contributed by atoms with van der Waals surface area (Å²) in [6, 6.07) is 0. The van der Waals surface area contributed by atoms with E-state index >= 15 is 0 Å². The van der Waals surface area contributed by atoms with E-state index in [1.807, 2.05) is 19.1 Å². The van der Waals surface area contributed by atoms with E-state index in [9.17, 15) is 5.11 Å². The third-order valence-corrected chi connectivity index (χ3v) is 4.98. The lowest BCUT2D eigenvalue weighted by atomic mass is 9.63. The van der Waals surface area contributed by atoms with Crippen molar-refractivity contribution in [3.8, 4) is 0 Å². The Morgan fingerprint density at radius 2 is 2.10 bits per heavy atom. The first kappa shape index (κ1) is 17.4. The van der Waals surface area contributed by atoms with E-state index in [1.165, 1.54) is 11.1 Å². The molecule has 0 fully saturated rings. The Balaban J connectivity index is 3.43. The Bertz CT molecular complexity index is 501. The van der Waals surface area contributed by atoms with Crippen LogP contribution in [0.25, 0.3) is 0 Å². The average molecular weight is 289 g/mol. The molecular weight excluding hydrogens is 262 g/mol. The second-order valence-electron chi connectivity index (χ2n) is 5.80. The number of aliphatic hydroxyl groups is 1. The molecule has 1 aliphatic carbocycles. The standard InChI is InChI=1S/C18H27NO2/c1-14(16-10-8-7-9-11-16)17(3,12-13-20)18(4,19-5)15(2)21-6/h7-10,20H,2,5,11-13H2,1,3-4,6H3/b16-14+. The number of hydrogen-bond donors (Lipinski definition) is 1. The maximum absolute atomic E-state index is 9.58. The highest BCUT2D eigenvalue weighted by atomic mass is 16.5. The van der Waals surface area contributed by atoms with Gasteiger partial charge in [0.25, 0.3) is 0 Å². The highest BCUT2D eigenvalue weighted by Crippen LogP contribution is 2.49. The third-order valence-electron chi connectivity index (χ3n) is 4.98. The number of aliphatic hydroxyl groups excluding tert-OH is 1. The van der Waals surface area contributed by atoms with Crippen LogP contribution < -0.4 is 0 Å². The molecule has 0 saturated heterocycles. The molecule has 0 aliphatic heterocycles. The lowest BCUT2D eigenvalue weighted by Crippen LogP contribution is -2.46. The van der Waals surface area contributed by atoms with Crippen molar-refractivity contribution in [1.82, 2.24) is 0 Å². The third kappa shape index (κ3) is 3.03. The Kier molecular flexibility index (Phi) is 5.73. The maximum atomic E-state index is 9.58. The molecule has 0 amide bonds. The number of allylic oxidation sites excluding steroid dienone is 5. The number of nitrogens with zero attached hydrogens (tertiary/aromatic N) is 1. The molecule has 0 aromatic carbocycles. The van der Waals surface area contributed by atoms with Gasteiger partial charge in [-0.15, -0.1) is 0 Å². The van der Waals surface area contributed by atoms with Crippen molar-refractivity contribution in [3.05, 3.63) is 47.8 Å². The molecule has 1 N–H and O–H groups in total. The normalized spacial score (nSPS) is 22.1. The predicted octanol–water partition coefficient (Wildman–Crippen LogP) is 3.83. The maximum Gasteiger partial charge on any atom is 0.122 e. The van der Waals surface area contributed by atoms with Crippen LogP contribution in [-0.4, -0.2) is 31.1 Å². The van der Waals surface area contributed by atoms with Crippen LogP contribution in [0.3, 0.4) is 0 Å². The zero-order valence-electron chi connectivity index (χ0n) is 13.6. The number of rotatable bonds is 7. The van der Waals surface area contributed by atoms with Gasteiger partial charge in [-0.25, -0.2) is 0 Å². The molecule has 0 saturated carbocycles. The van der Waals surface area contributed by atoms with Gasteiger partial charge < -0.3 is 9.84 Å². The van der Waals surface area contributed by atoms with E-state index in [1.54, 1.807) is 7.11 Å². The molecule has 0 aromatic rings. The minimum atomic E-state index is -0.698. The van der Waals surface area contributed by atoms with Crippen LogP contribution in [0, 0.1) is 5.41 Å². The van der Waals surface area contributed by atoms with E-state index in [0.717, 1.165) is 6.42 Å². The summed E-state index contributed by atoms with van der Waals surface area (Å²) in [5.41, 5.74) is 1.32. The lowest BCUT2D eigenvalue weighted by Gasteiger charge is -2.45. The van der Waals surface area contributed by atoms with Crippen LogP contribution in [0.15, 0.2) is 52.8 Å². The van der Waals surface area contributed by atoms with Gasteiger partial charge in [0.15, 0.2) is 0 Å². The molecule has 2 unspecified atom stereocenters. The van der Waals surface area contributed by atoms with Gasteiger partial charge in [0.05, 0.1) is 7.11 Å². The second kappa shape index (κ2) is 6.90. The van der Waals surface area contributed by atoms with E-state index in [-0.39, 0.29) is 6.61 Å². The van der Waals surface area contributed by atoms with Crippen LogP contribution in [-0.2, 0) is 4.74 Å². The summed E-state index contributed by atoms with van der Waals surface area (Å²) in [4.78, 5) is 4.34. The zero-order chi connectivity index (χ0) is 16.1. The molecule has 116 valence electrons. The second-order valence-corrected chi connectivity index (χ2v) is 5.80. The minimum absolute atomic E-state index is 0.0722. The van der Waals surface area contributed by atoms with E-state index in [4.69, 9.17) is 4.74 Å². The Hall–Kier alpha value is -1.61. The highest BCUT2D eigenvalue weighted by Gasteiger charge is 2.48. The van der Waals surface area contributed by atoms with Crippen LogP contribution in [0.2, 0.25) is 0 Å². The predicted molar refractivity (Wildman–Crippen MR) is 89.5 cm³/mol. The average Bonchev–Trinajstić information content (AvgIpc) is 2.53. The summed E-state index contributed by atoms with van der Waals surface area (Å²) < 4.78 is 5.37. The molecule has 3 heteroatoms. The largest absolute Gasteiger partial charge is 0.499 e. The summed E-state index contributed by atoms with van der Waals surface area (Å²) in [5.74, 6) is 0.559. The first-order valence-corrected chi connectivity index (χ1v) is 7.23. The van der Waals surface area contributed by atoms with Crippen LogP contribution in [0.1, 0.15) is 33.6 Å². The van der Waals surface area contributed by atoms with Gasteiger partial charge in [-0.3, -0.25) is 4.99 Å². The molecule has 0 heterocycles. The molecule has 1 rings (SSSR count). The molecule has 0 aromatic heterocycles. The lowest BCUT2D eigenvalue weighted by molar-refractivity contribution is 0.116. The summed E-state index contributed by atoms with van der Waals surface area (Å²) in [5, 5.41) is 9.58. The van der Waals surface area contributed by atoms with Crippen molar-refractivity contribution in [2.45, 2.75) is 39.2 Å². The monoisotopic (exact) mass is 289 g/mol. The van der Waals surface area contributed by atoms with Crippen molar-refractivity contribution in [3.63, 3.8) is 0 Å². The SMILES string of the molecule is C=NC(C)(C(=C)OC)C(C)(CCO)/C(C)=C1\C=CC=CC1. The van der Waals surface area contributed by atoms with Crippen molar-refractivity contribution in [2.75, 3.05) is 13.7 Å². The summed E-state index contributed by atoms with van der Waals surface area (Å²) in [6.45, 7) is 14.0. The van der Waals surface area contributed by atoms with Crippen molar-refractivity contribution >= 4 is 6.72 Å². The van der Waals surface area contributed by atoms with Gasteiger partial charge >= 0.3 is 0 Å². The van der Waals surface area contributed by atoms with Gasteiger partial charge in [0.1, 0.15) is 11.3 Å². The highest BCUT2D eigenvalue weighted by molar-refractivity contribution is 5.41. The summed E-state index contributed by atoms with van der Waals surface area (Å²) in [6.07, 6.45) is 9.77. The smallest absolute Gasteiger partial charge is 0.122 e. The van der Waals surface area contributed by atoms with Crippen LogP contribution >= 0.6 is 0 Å². The molecule has 0 spiro atoms. The van der Waals surface area contributed by atoms with Crippen LogP contribution in [0.4, 0.5) is 0 Å². The van der Waals surface area contributed by atoms with Crippen molar-refractivity contribution in [2.24, 2.45) is 10.4 Å². The van der Waals surface area contributed by atoms with E-state index < -0.39 is 11.0 Å². The van der Waals surface area contributed by atoms with Gasteiger partial charge in [-0.2, -0.15) is 0 Å². The fourth-order valence-electron chi connectivity index (χ4n) is 2.93. The van der Waals surface area contributed by atoms with Crippen molar-refractivity contribution in [1.29, 1.82) is 0 Å². The quantitative estimate of drug-likeness (QED) is 0.571. The Morgan fingerprint density at radius 1 is 1.43 bits per heavy atom. The van der Waals surface area contributed by atoms with Gasteiger partial charge in [-0.05, 0) is 39.0 Å². The molecule has 0 radical (unpaired) electrons. The minimum Gasteiger partial charge on any atom is -0.499 e. The van der Waals surface area contributed by atoms with Gasteiger partial charge in [0, 0.05) is 12.0 Å². The summed E-state index contributed by atoms with van der Waals surface area (Å²) in [7, 11) is 1.59. The summed E-state index contributed by atoms with van der Waals surface area (Å²) >= 11 is 0. The number of methoxy groups -OCH3 is 1. The molecule has 21 heavy (non-hydrogen) atoms. The number of aliphatic imine (C=N–C) groups is 1. The molecular formula is C18H27NO2. The zero-order valence-corrected chi connectivity index (χ0v) is 13.6. The molecule has 3 nitrogen and oxygen atoms in total. The topological polar surface area (TPSA) is 41.8 Å². The number of hydrogen-bond acceptors (Lipinski definition) is 3. The Labute approximate surface area is 128 Å². The fourth-order valence-corrected chi connectivity index (χ4v) is 2.93. The van der Waals surface area contributed by atoms with E-state index in [2.05, 4.69) is 44.3 Å². The Morgan fingerprint density at radius 3 is 2.52 bits per heavy atom. The van der Waals surface area contributed by atoms with E-state index in [0.29, 0.717) is 12.2 Å². The number of ether oxygens (including phenoxy) is 1. The first-order chi connectivity index (χ1) is 9.87. The van der Waals surface area contributed by atoms with Gasteiger partial charge in [0.2, 0.25) is 0 Å². The van der Waals surface area contributed by atoms with Gasteiger partial charge in [-0.1, -0.05) is 43.4 Å². The van der Waals surface area contributed by atoms with Crippen LogP contribution in [0.5, 0.6) is 0 Å². The molecule has 2 atom stereocenters. The molecule has 0 bridgehead atoms. The fraction of sp³-hybridized carbons (Fsp3) is 0.500. The first-order valence-electron chi connectivity index (χ1n) is 7.23. The van der Waals surface area contributed by atoms with Crippen molar-refractivity contribution < 1.29 is 9.84 Å². The molecule has 1 aliphatic rings.